The summed E-state index contributed by atoms with van der Waals surface area (Å²) in [5.74, 6) is -0.259. The lowest BCUT2D eigenvalue weighted by Crippen LogP contribution is -2.16. The normalized spacial score (nSPS) is 10.5. The molecule has 0 radical (unpaired) electrons. The topological polar surface area (TPSA) is 71.1 Å². The molecule has 3 aromatic carbocycles. The largest absolute Gasteiger partial charge is 0.322 e. The zero-order valence-corrected chi connectivity index (χ0v) is 19.2. The first-order chi connectivity index (χ1) is 16.5. The van der Waals surface area contributed by atoms with E-state index in [1.54, 1.807) is 72.9 Å². The Morgan fingerprint density at radius 1 is 0.824 bits per heavy atom. The van der Waals surface area contributed by atoms with Crippen molar-refractivity contribution in [1.29, 1.82) is 0 Å². The molecule has 0 aliphatic heterocycles. The number of amides is 2. The van der Waals surface area contributed by atoms with Crippen molar-refractivity contribution in [3.05, 3.63) is 119 Å². The fraction of sp³-hybridized carbons (Fsp3) is 0.0741. The monoisotopic (exact) mass is 471 g/mol. The van der Waals surface area contributed by atoms with Gasteiger partial charge in [-0.15, -0.1) is 11.8 Å². The van der Waals surface area contributed by atoms with Crippen molar-refractivity contribution in [2.75, 3.05) is 10.6 Å². The van der Waals surface area contributed by atoms with Gasteiger partial charge in [0.1, 0.15) is 10.8 Å². The number of nitrogens with zero attached hydrogens (tertiary/aromatic N) is 1. The van der Waals surface area contributed by atoms with Gasteiger partial charge in [-0.3, -0.25) is 9.59 Å². The molecule has 2 amide bonds. The van der Waals surface area contributed by atoms with Crippen molar-refractivity contribution in [3.8, 4) is 0 Å². The van der Waals surface area contributed by atoms with Crippen LogP contribution >= 0.6 is 11.8 Å². The fourth-order valence-corrected chi connectivity index (χ4v) is 4.24. The van der Waals surface area contributed by atoms with Crippen LogP contribution in [0.4, 0.5) is 15.8 Å². The number of rotatable bonds is 7. The second-order valence-electron chi connectivity index (χ2n) is 7.52. The van der Waals surface area contributed by atoms with Crippen LogP contribution in [0, 0.1) is 12.7 Å². The number of pyridine rings is 1. The van der Waals surface area contributed by atoms with Crippen molar-refractivity contribution in [2.45, 2.75) is 17.7 Å². The van der Waals surface area contributed by atoms with Crippen LogP contribution in [0.2, 0.25) is 0 Å². The number of carbonyl (C=O) groups excluding carboxylic acids is 2. The molecule has 5 nitrogen and oxygen atoms in total. The summed E-state index contributed by atoms with van der Waals surface area (Å²) in [7, 11) is 0. The number of hydrogen-bond acceptors (Lipinski definition) is 4. The van der Waals surface area contributed by atoms with Gasteiger partial charge < -0.3 is 10.6 Å². The second kappa shape index (κ2) is 10.8. The minimum absolute atomic E-state index is 0.223. The lowest BCUT2D eigenvalue weighted by Gasteiger charge is -2.14. The number of aromatic nitrogens is 1. The van der Waals surface area contributed by atoms with Crippen molar-refractivity contribution >= 4 is 35.0 Å². The van der Waals surface area contributed by atoms with Gasteiger partial charge in [0.15, 0.2) is 0 Å². The van der Waals surface area contributed by atoms with E-state index in [0.717, 1.165) is 11.1 Å². The molecule has 1 aromatic heterocycles. The Bertz CT molecular complexity index is 1310. The molecule has 0 unspecified atom stereocenters. The van der Waals surface area contributed by atoms with E-state index in [1.807, 2.05) is 13.0 Å². The van der Waals surface area contributed by atoms with Gasteiger partial charge in [-0.2, -0.15) is 0 Å². The van der Waals surface area contributed by atoms with Crippen LogP contribution in [0.25, 0.3) is 0 Å². The lowest BCUT2D eigenvalue weighted by molar-refractivity contribution is 0.101. The maximum absolute atomic E-state index is 13.1. The van der Waals surface area contributed by atoms with Crippen LogP contribution < -0.4 is 10.6 Å². The predicted molar refractivity (Wildman–Crippen MR) is 134 cm³/mol. The van der Waals surface area contributed by atoms with Crippen molar-refractivity contribution in [2.24, 2.45) is 0 Å². The maximum atomic E-state index is 13.1. The molecular formula is C27H22FN3O2S. The molecule has 34 heavy (non-hydrogen) atoms. The fourth-order valence-electron chi connectivity index (χ4n) is 3.29. The minimum Gasteiger partial charge on any atom is -0.322 e. The van der Waals surface area contributed by atoms with Crippen molar-refractivity contribution < 1.29 is 14.0 Å². The second-order valence-corrected chi connectivity index (χ2v) is 8.49. The Morgan fingerprint density at radius 3 is 2.21 bits per heavy atom. The summed E-state index contributed by atoms with van der Waals surface area (Å²) in [6.45, 7) is 1.84. The highest BCUT2D eigenvalue weighted by Gasteiger charge is 2.16. The predicted octanol–water partition coefficient (Wildman–Crippen LogP) is 6.33. The molecular weight excluding hydrogens is 449 g/mol. The molecule has 0 fully saturated rings. The number of benzene rings is 3. The van der Waals surface area contributed by atoms with Crippen LogP contribution in [0.3, 0.4) is 0 Å². The number of hydrogen-bond donors (Lipinski definition) is 2. The van der Waals surface area contributed by atoms with Crippen LogP contribution in [-0.2, 0) is 5.75 Å². The Morgan fingerprint density at radius 2 is 1.50 bits per heavy atom. The molecule has 0 atom stereocenters. The van der Waals surface area contributed by atoms with Crippen LogP contribution in [0.15, 0.2) is 96.2 Å². The summed E-state index contributed by atoms with van der Waals surface area (Å²) in [4.78, 5) is 30.0. The molecule has 0 aliphatic carbocycles. The minimum atomic E-state index is -0.302. The number of thioether (sulfide) groups is 1. The number of nitrogens with one attached hydrogen (secondary N) is 2. The molecule has 2 N–H and O–H groups in total. The van der Waals surface area contributed by atoms with E-state index in [-0.39, 0.29) is 17.6 Å². The molecule has 0 saturated carbocycles. The van der Waals surface area contributed by atoms with Gasteiger partial charge >= 0.3 is 0 Å². The van der Waals surface area contributed by atoms with E-state index in [0.29, 0.717) is 33.3 Å². The van der Waals surface area contributed by atoms with Gasteiger partial charge in [0.05, 0.1) is 5.56 Å². The van der Waals surface area contributed by atoms with Crippen molar-refractivity contribution in [1.82, 2.24) is 4.98 Å². The number of anilines is 2. The average molecular weight is 472 g/mol. The standard InChI is InChI=1S/C27H22FN3O2S/c1-18-23(30-25(32)20-7-3-2-4-8-20)10-5-11-24(18)31-26(33)22-9-6-16-29-27(22)34-17-19-12-14-21(28)15-13-19/h2-16H,17H2,1H3,(H,30,32)(H,31,33). The average Bonchev–Trinajstić information content (AvgIpc) is 2.86. The van der Waals surface area contributed by atoms with E-state index in [4.69, 9.17) is 0 Å². The number of carbonyl (C=O) groups is 2. The highest BCUT2D eigenvalue weighted by Crippen LogP contribution is 2.27. The Hall–Kier alpha value is -3.97. The van der Waals surface area contributed by atoms with Gasteiger partial charge in [-0.1, -0.05) is 36.4 Å². The molecule has 4 rings (SSSR count). The summed E-state index contributed by atoms with van der Waals surface area (Å²) in [6, 6.07) is 24.0. The molecule has 1 heterocycles. The van der Waals surface area contributed by atoms with Gasteiger partial charge in [-0.05, 0) is 66.6 Å². The zero-order chi connectivity index (χ0) is 23.9. The number of halogens is 1. The third kappa shape index (κ3) is 5.68. The summed E-state index contributed by atoms with van der Waals surface area (Å²) in [5.41, 5.74) is 3.87. The molecule has 0 aliphatic rings. The summed E-state index contributed by atoms with van der Waals surface area (Å²) < 4.78 is 13.1. The molecule has 7 heteroatoms. The van der Waals surface area contributed by atoms with Crippen molar-refractivity contribution in [3.63, 3.8) is 0 Å². The van der Waals surface area contributed by atoms with Gasteiger partial charge in [-0.25, -0.2) is 9.37 Å². The first-order valence-corrected chi connectivity index (χ1v) is 11.6. The van der Waals surface area contributed by atoms with Gasteiger partial charge in [0.2, 0.25) is 0 Å². The first-order valence-electron chi connectivity index (χ1n) is 10.6. The Balaban J connectivity index is 1.48. The molecule has 170 valence electrons. The first kappa shape index (κ1) is 23.2. The highest BCUT2D eigenvalue weighted by molar-refractivity contribution is 7.98. The van der Waals surface area contributed by atoms with Gasteiger partial charge in [0, 0.05) is 28.9 Å². The highest BCUT2D eigenvalue weighted by atomic mass is 32.2. The summed E-state index contributed by atoms with van der Waals surface area (Å²) in [6.07, 6.45) is 1.63. The molecule has 0 bridgehead atoms. The van der Waals surface area contributed by atoms with E-state index >= 15 is 0 Å². The van der Waals surface area contributed by atoms with Crippen LogP contribution in [0.1, 0.15) is 31.8 Å². The van der Waals surface area contributed by atoms with Gasteiger partial charge in [0.25, 0.3) is 11.8 Å². The van der Waals surface area contributed by atoms with E-state index in [1.165, 1.54) is 23.9 Å². The smallest absolute Gasteiger partial charge is 0.258 e. The Labute approximate surface area is 201 Å². The Kier molecular flexibility index (Phi) is 7.34. The molecule has 0 spiro atoms. The maximum Gasteiger partial charge on any atom is 0.258 e. The van der Waals surface area contributed by atoms with E-state index in [2.05, 4.69) is 15.6 Å². The third-order valence-corrected chi connectivity index (χ3v) is 6.25. The molecule has 4 aromatic rings. The van der Waals surface area contributed by atoms with Crippen LogP contribution in [0.5, 0.6) is 0 Å². The quantitative estimate of drug-likeness (QED) is 0.309. The summed E-state index contributed by atoms with van der Waals surface area (Å²) >= 11 is 1.41. The zero-order valence-electron chi connectivity index (χ0n) is 18.4. The summed E-state index contributed by atoms with van der Waals surface area (Å²) in [5, 5.41) is 6.41. The molecule has 0 saturated heterocycles. The van der Waals surface area contributed by atoms with E-state index < -0.39 is 0 Å². The van der Waals surface area contributed by atoms with E-state index in [9.17, 15) is 14.0 Å². The van der Waals surface area contributed by atoms with Crippen LogP contribution in [-0.4, -0.2) is 16.8 Å². The SMILES string of the molecule is Cc1c(NC(=O)c2ccccc2)cccc1NC(=O)c1cccnc1SCc1ccc(F)cc1. The lowest BCUT2D eigenvalue weighted by atomic mass is 10.1. The third-order valence-electron chi connectivity index (χ3n) is 5.17.